The van der Waals surface area contributed by atoms with Gasteiger partial charge in [0.2, 0.25) is 0 Å². The van der Waals surface area contributed by atoms with Crippen LogP contribution in [0.15, 0.2) is 0 Å². The minimum atomic E-state index is -0.972. The normalized spacial score (nSPS) is 44.9. The monoisotopic (exact) mass is 302 g/mol. The van der Waals surface area contributed by atoms with Crippen LogP contribution in [0.25, 0.3) is 0 Å². The van der Waals surface area contributed by atoms with Crippen LogP contribution in [-0.2, 0) is 28.5 Å². The third-order valence-electron chi connectivity index (χ3n) is 3.91. The molecular formula is C14H22O7. The van der Waals surface area contributed by atoms with Crippen molar-refractivity contribution in [1.29, 1.82) is 0 Å². The van der Waals surface area contributed by atoms with Gasteiger partial charge in [-0.15, -0.1) is 0 Å². The number of aliphatic hydroxyl groups excluding tert-OH is 1. The van der Waals surface area contributed by atoms with E-state index in [1.807, 2.05) is 0 Å². The molecule has 0 aromatic heterocycles. The Hall–Kier alpha value is -0.570. The molecule has 3 saturated heterocycles. The van der Waals surface area contributed by atoms with Gasteiger partial charge in [0.25, 0.3) is 0 Å². The van der Waals surface area contributed by atoms with Crippen molar-refractivity contribution in [3.8, 4) is 0 Å². The highest BCUT2D eigenvalue weighted by Crippen LogP contribution is 2.44. The SMILES string of the molecule is CC1(C)O[C@@H]2[C@H](O1)[C@H]1OC(C)(C)O[C@H]1O[C@@H]2[C@H](O)CC=O. The first-order valence-electron chi connectivity index (χ1n) is 7.21. The van der Waals surface area contributed by atoms with Crippen molar-refractivity contribution >= 4 is 6.29 Å². The molecule has 0 spiro atoms. The Bertz CT molecular complexity index is 422. The van der Waals surface area contributed by atoms with Gasteiger partial charge in [-0.2, -0.15) is 0 Å². The van der Waals surface area contributed by atoms with Crippen LogP contribution < -0.4 is 0 Å². The molecule has 3 aliphatic heterocycles. The molecule has 3 rings (SSSR count). The largest absolute Gasteiger partial charge is 0.390 e. The second-order valence-electron chi connectivity index (χ2n) is 6.60. The van der Waals surface area contributed by atoms with E-state index in [4.69, 9.17) is 23.7 Å². The standard InChI is InChI=1S/C14H22O7/c1-13(2)18-9-8(7(16)5-6-15)17-12-11(10(9)19-13)20-14(3,4)21-12/h6-12,16H,5H2,1-4H3/t7-,8-,9+,10+,11-,12-/m1/s1. The lowest BCUT2D eigenvalue weighted by Crippen LogP contribution is -2.58. The van der Waals surface area contributed by atoms with Crippen LogP contribution in [0.2, 0.25) is 0 Å². The van der Waals surface area contributed by atoms with Gasteiger partial charge in [0.15, 0.2) is 17.9 Å². The minimum absolute atomic E-state index is 0.0285. The van der Waals surface area contributed by atoms with Crippen LogP contribution in [0.4, 0.5) is 0 Å². The predicted octanol–water partition coefficient (Wildman–Crippen LogP) is 0.333. The van der Waals surface area contributed by atoms with E-state index in [1.54, 1.807) is 27.7 Å². The van der Waals surface area contributed by atoms with E-state index in [2.05, 4.69) is 0 Å². The zero-order chi connectivity index (χ0) is 15.4. The average molecular weight is 302 g/mol. The molecule has 0 aromatic carbocycles. The molecule has 7 heteroatoms. The van der Waals surface area contributed by atoms with Gasteiger partial charge in [-0.3, -0.25) is 0 Å². The first-order valence-corrected chi connectivity index (χ1v) is 7.21. The Balaban J connectivity index is 1.86. The molecule has 21 heavy (non-hydrogen) atoms. The zero-order valence-corrected chi connectivity index (χ0v) is 12.6. The maximum Gasteiger partial charge on any atom is 0.190 e. The van der Waals surface area contributed by atoms with Gasteiger partial charge in [-0.1, -0.05) is 0 Å². The highest BCUT2D eigenvalue weighted by molar-refractivity contribution is 5.50. The van der Waals surface area contributed by atoms with E-state index < -0.39 is 48.4 Å². The summed E-state index contributed by atoms with van der Waals surface area (Å²) in [6.45, 7) is 7.18. The highest BCUT2D eigenvalue weighted by atomic mass is 16.9. The van der Waals surface area contributed by atoms with Crippen molar-refractivity contribution in [3.05, 3.63) is 0 Å². The van der Waals surface area contributed by atoms with Gasteiger partial charge < -0.3 is 33.6 Å². The summed E-state index contributed by atoms with van der Waals surface area (Å²) in [5, 5.41) is 10.2. The Morgan fingerprint density at radius 1 is 1.00 bits per heavy atom. The molecule has 7 nitrogen and oxygen atoms in total. The van der Waals surface area contributed by atoms with Crippen LogP contribution in [0.5, 0.6) is 0 Å². The molecule has 0 saturated carbocycles. The van der Waals surface area contributed by atoms with E-state index in [0.717, 1.165) is 0 Å². The van der Waals surface area contributed by atoms with Crippen molar-refractivity contribution < 1.29 is 33.6 Å². The van der Waals surface area contributed by atoms with Crippen molar-refractivity contribution in [2.24, 2.45) is 0 Å². The van der Waals surface area contributed by atoms with Gasteiger partial charge in [0.05, 0.1) is 6.10 Å². The number of carbonyl (C=O) groups is 1. The molecule has 0 amide bonds. The molecule has 0 aliphatic carbocycles. The summed E-state index contributed by atoms with van der Waals surface area (Å²) in [5.41, 5.74) is 0. The molecule has 3 heterocycles. The van der Waals surface area contributed by atoms with Crippen molar-refractivity contribution in [2.45, 2.75) is 82.5 Å². The average Bonchev–Trinajstić information content (AvgIpc) is 2.82. The first-order chi connectivity index (χ1) is 9.72. The van der Waals surface area contributed by atoms with Crippen molar-refractivity contribution in [2.75, 3.05) is 0 Å². The lowest BCUT2D eigenvalue weighted by molar-refractivity contribution is -0.252. The molecule has 6 atom stereocenters. The smallest absolute Gasteiger partial charge is 0.190 e. The second kappa shape index (κ2) is 4.97. The summed E-state index contributed by atoms with van der Waals surface area (Å²) < 4.78 is 29.1. The van der Waals surface area contributed by atoms with Crippen LogP contribution in [0, 0.1) is 0 Å². The number of aliphatic hydroxyl groups is 1. The van der Waals surface area contributed by atoms with Gasteiger partial charge in [0, 0.05) is 6.42 Å². The second-order valence-corrected chi connectivity index (χ2v) is 6.60. The number of carbonyl (C=O) groups excluding carboxylic acids is 1. The van der Waals surface area contributed by atoms with Crippen molar-refractivity contribution in [3.63, 3.8) is 0 Å². The Morgan fingerprint density at radius 2 is 1.57 bits per heavy atom. The minimum Gasteiger partial charge on any atom is -0.390 e. The highest BCUT2D eigenvalue weighted by Gasteiger charge is 2.61. The van der Waals surface area contributed by atoms with Gasteiger partial charge in [-0.25, -0.2) is 0 Å². The predicted molar refractivity (Wildman–Crippen MR) is 69.2 cm³/mol. The van der Waals surface area contributed by atoms with Crippen LogP contribution in [-0.4, -0.2) is 59.8 Å². The summed E-state index contributed by atoms with van der Waals surface area (Å²) in [6, 6.07) is 0. The summed E-state index contributed by atoms with van der Waals surface area (Å²) in [4.78, 5) is 10.7. The van der Waals surface area contributed by atoms with E-state index in [0.29, 0.717) is 6.29 Å². The molecule has 0 aromatic rings. The van der Waals surface area contributed by atoms with E-state index in [9.17, 15) is 9.90 Å². The molecule has 1 N–H and O–H groups in total. The van der Waals surface area contributed by atoms with Gasteiger partial charge in [0.1, 0.15) is 30.7 Å². The molecule has 0 radical (unpaired) electrons. The first kappa shape index (κ1) is 15.3. The third kappa shape index (κ3) is 2.74. The number of hydrogen-bond donors (Lipinski definition) is 1. The zero-order valence-electron chi connectivity index (χ0n) is 12.6. The van der Waals surface area contributed by atoms with E-state index >= 15 is 0 Å². The summed E-state index contributed by atoms with van der Waals surface area (Å²) >= 11 is 0. The summed E-state index contributed by atoms with van der Waals surface area (Å²) in [5.74, 6) is -1.59. The fraction of sp³-hybridized carbons (Fsp3) is 0.929. The Kier molecular flexibility index (Phi) is 3.63. The number of hydrogen-bond acceptors (Lipinski definition) is 7. The number of aldehydes is 1. The third-order valence-corrected chi connectivity index (χ3v) is 3.91. The van der Waals surface area contributed by atoms with Crippen molar-refractivity contribution in [1.82, 2.24) is 0 Å². The van der Waals surface area contributed by atoms with E-state index in [-0.39, 0.29) is 6.42 Å². The van der Waals surface area contributed by atoms with Crippen LogP contribution >= 0.6 is 0 Å². The lowest BCUT2D eigenvalue weighted by Gasteiger charge is -2.38. The van der Waals surface area contributed by atoms with Crippen LogP contribution in [0.1, 0.15) is 34.1 Å². The maximum absolute atomic E-state index is 10.7. The Labute approximate surface area is 123 Å². The summed E-state index contributed by atoms with van der Waals surface area (Å²) in [7, 11) is 0. The topological polar surface area (TPSA) is 83.5 Å². The lowest BCUT2D eigenvalue weighted by atomic mass is 9.94. The number of fused-ring (bicyclic) bond motifs is 3. The van der Waals surface area contributed by atoms with Gasteiger partial charge in [-0.05, 0) is 27.7 Å². The number of rotatable bonds is 3. The quantitative estimate of drug-likeness (QED) is 0.752. The molecule has 0 bridgehead atoms. The molecular weight excluding hydrogens is 280 g/mol. The molecule has 120 valence electrons. The van der Waals surface area contributed by atoms with Crippen LogP contribution in [0.3, 0.4) is 0 Å². The molecule has 3 fully saturated rings. The molecule has 0 unspecified atom stereocenters. The van der Waals surface area contributed by atoms with E-state index in [1.165, 1.54) is 0 Å². The fourth-order valence-electron chi connectivity index (χ4n) is 3.19. The number of ether oxygens (including phenoxy) is 5. The maximum atomic E-state index is 10.7. The van der Waals surface area contributed by atoms with Gasteiger partial charge >= 0.3 is 0 Å². The molecule has 3 aliphatic rings. The Morgan fingerprint density at radius 3 is 2.24 bits per heavy atom. The fourth-order valence-corrected chi connectivity index (χ4v) is 3.19. The summed E-state index contributed by atoms with van der Waals surface area (Å²) in [6.07, 6.45) is -3.02.